The number of hydrogen-bond acceptors (Lipinski definition) is 7. The van der Waals surface area contributed by atoms with Crippen molar-refractivity contribution in [2.75, 3.05) is 21.3 Å². The number of nitrogens with zero attached hydrogens (tertiary/aromatic N) is 1. The molecule has 1 heterocycles. The second-order valence-corrected chi connectivity index (χ2v) is 9.42. The van der Waals surface area contributed by atoms with Crippen LogP contribution in [0.2, 0.25) is 0 Å². The number of esters is 1. The van der Waals surface area contributed by atoms with Crippen molar-refractivity contribution in [1.82, 2.24) is 4.57 Å². The van der Waals surface area contributed by atoms with Crippen LogP contribution in [0.25, 0.3) is 0 Å². The summed E-state index contributed by atoms with van der Waals surface area (Å²) in [5.41, 5.74) is 4.26. The Morgan fingerprint density at radius 2 is 1.63 bits per heavy atom. The van der Waals surface area contributed by atoms with Crippen LogP contribution in [0.4, 0.5) is 0 Å². The number of benzene rings is 2. The lowest BCUT2D eigenvalue weighted by Gasteiger charge is -2.28. The predicted molar refractivity (Wildman–Crippen MR) is 139 cm³/mol. The van der Waals surface area contributed by atoms with Gasteiger partial charge in [0.2, 0.25) is 0 Å². The molecule has 2 aromatic carbocycles. The summed E-state index contributed by atoms with van der Waals surface area (Å²) in [4.78, 5) is 23.7. The molecule has 0 bridgehead atoms. The molecule has 9 nitrogen and oxygen atoms in total. The second-order valence-electron chi connectivity index (χ2n) is 9.42. The van der Waals surface area contributed by atoms with E-state index >= 15 is 0 Å². The third-order valence-electron chi connectivity index (χ3n) is 6.95. The first kappa shape index (κ1) is 27.2. The highest BCUT2D eigenvalue weighted by atomic mass is 16.5. The number of rotatable bonds is 11. The molecule has 0 fully saturated rings. The number of carbonyl (C=O) groups is 2. The molecule has 2 N–H and O–H groups in total. The first-order valence-corrected chi connectivity index (χ1v) is 12.4. The van der Waals surface area contributed by atoms with Crippen LogP contribution in [0.1, 0.15) is 44.3 Å². The van der Waals surface area contributed by atoms with Crippen LogP contribution in [0, 0.1) is 6.92 Å². The van der Waals surface area contributed by atoms with Gasteiger partial charge in [-0.05, 0) is 54.2 Å². The van der Waals surface area contributed by atoms with Gasteiger partial charge in [-0.2, -0.15) is 0 Å². The third-order valence-corrected chi connectivity index (χ3v) is 6.95. The highest BCUT2D eigenvalue weighted by Crippen LogP contribution is 2.35. The standard InChI is InChI=1S/C29H33NO8/c1-17-24(35-2)11-20(12-25(17)36-3)28(33)26(38-22-9-18-7-5-6-8-19(18)10-22)16-30-14-21(13-27(31)32)23(15-30)29(34)37-4/h5-8,11-12,14-15,22,26,28,33H,9-10,13,16H2,1-4H3,(H,31,32). The molecule has 0 radical (unpaired) electrons. The fourth-order valence-corrected chi connectivity index (χ4v) is 5.04. The maximum Gasteiger partial charge on any atom is 0.339 e. The van der Waals surface area contributed by atoms with Crippen LogP contribution in [0.5, 0.6) is 11.5 Å². The molecule has 1 aliphatic rings. The Hall–Kier alpha value is -3.82. The van der Waals surface area contributed by atoms with E-state index in [4.69, 9.17) is 18.9 Å². The van der Waals surface area contributed by atoms with E-state index < -0.39 is 24.1 Å². The first-order chi connectivity index (χ1) is 18.2. The van der Waals surface area contributed by atoms with Crippen LogP contribution in [0.3, 0.4) is 0 Å². The van der Waals surface area contributed by atoms with Gasteiger partial charge in [-0.25, -0.2) is 4.79 Å². The number of aromatic nitrogens is 1. The van der Waals surface area contributed by atoms with Crippen molar-refractivity contribution in [3.05, 3.63) is 82.2 Å². The van der Waals surface area contributed by atoms with Gasteiger partial charge in [0.25, 0.3) is 0 Å². The van der Waals surface area contributed by atoms with Crippen molar-refractivity contribution in [2.24, 2.45) is 0 Å². The summed E-state index contributed by atoms with van der Waals surface area (Å²) >= 11 is 0. The van der Waals surface area contributed by atoms with Gasteiger partial charge in [0.15, 0.2) is 0 Å². The van der Waals surface area contributed by atoms with Gasteiger partial charge in [-0.1, -0.05) is 24.3 Å². The van der Waals surface area contributed by atoms with E-state index in [0.29, 0.717) is 35.5 Å². The van der Waals surface area contributed by atoms with Gasteiger partial charge >= 0.3 is 11.9 Å². The number of aliphatic hydroxyl groups is 1. The fourth-order valence-electron chi connectivity index (χ4n) is 5.04. The zero-order valence-electron chi connectivity index (χ0n) is 22.0. The Morgan fingerprint density at radius 1 is 1.03 bits per heavy atom. The lowest BCUT2D eigenvalue weighted by Crippen LogP contribution is -2.32. The Bertz CT molecular complexity index is 1260. The molecule has 38 heavy (non-hydrogen) atoms. The van der Waals surface area contributed by atoms with Crippen molar-refractivity contribution >= 4 is 11.9 Å². The number of carboxylic acid groups (broad SMARTS) is 1. The minimum Gasteiger partial charge on any atom is -0.496 e. The number of aliphatic carboxylic acids is 1. The molecular weight excluding hydrogens is 490 g/mol. The van der Waals surface area contributed by atoms with Crippen molar-refractivity contribution in [2.45, 2.75) is 51.0 Å². The summed E-state index contributed by atoms with van der Waals surface area (Å²) in [5, 5.41) is 20.9. The molecule has 0 amide bonds. The van der Waals surface area contributed by atoms with Gasteiger partial charge in [-0.3, -0.25) is 4.79 Å². The number of carbonyl (C=O) groups excluding carboxylic acids is 1. The molecule has 0 saturated heterocycles. The van der Waals surface area contributed by atoms with Crippen molar-refractivity contribution < 1.29 is 38.7 Å². The van der Waals surface area contributed by atoms with Gasteiger partial charge in [0, 0.05) is 18.0 Å². The van der Waals surface area contributed by atoms with E-state index in [-0.39, 0.29) is 24.6 Å². The summed E-state index contributed by atoms with van der Waals surface area (Å²) in [6, 6.07) is 11.7. The topological polar surface area (TPSA) is 116 Å². The van der Waals surface area contributed by atoms with E-state index in [9.17, 15) is 19.8 Å². The second kappa shape index (κ2) is 11.7. The molecule has 1 aromatic heterocycles. The summed E-state index contributed by atoms with van der Waals surface area (Å²) in [6.45, 7) is 2.03. The summed E-state index contributed by atoms with van der Waals surface area (Å²) in [7, 11) is 4.36. The Kier molecular flexibility index (Phi) is 8.38. The van der Waals surface area contributed by atoms with Crippen LogP contribution in [0.15, 0.2) is 48.8 Å². The number of fused-ring (bicyclic) bond motifs is 1. The molecular formula is C29H33NO8. The van der Waals surface area contributed by atoms with E-state index in [1.165, 1.54) is 24.4 Å². The Labute approximate surface area is 221 Å². The molecule has 0 aliphatic heterocycles. The van der Waals surface area contributed by atoms with Crippen molar-refractivity contribution in [3.8, 4) is 11.5 Å². The largest absolute Gasteiger partial charge is 0.496 e. The molecule has 202 valence electrons. The maximum atomic E-state index is 12.3. The average molecular weight is 524 g/mol. The summed E-state index contributed by atoms with van der Waals surface area (Å²) in [6.07, 6.45) is 2.24. The number of carboxylic acids is 1. The number of methoxy groups -OCH3 is 3. The zero-order valence-corrected chi connectivity index (χ0v) is 22.0. The van der Waals surface area contributed by atoms with E-state index in [2.05, 4.69) is 12.1 Å². The molecule has 9 heteroatoms. The van der Waals surface area contributed by atoms with Gasteiger partial charge in [-0.15, -0.1) is 0 Å². The van der Waals surface area contributed by atoms with Gasteiger partial charge in [0.05, 0.1) is 46.0 Å². The van der Waals surface area contributed by atoms with Crippen molar-refractivity contribution in [1.29, 1.82) is 0 Å². The number of aliphatic hydroxyl groups excluding tert-OH is 1. The number of hydrogen-bond donors (Lipinski definition) is 2. The van der Waals surface area contributed by atoms with E-state index in [1.807, 2.05) is 19.1 Å². The maximum absolute atomic E-state index is 12.3. The van der Waals surface area contributed by atoms with Gasteiger partial charge < -0.3 is 33.7 Å². The zero-order chi connectivity index (χ0) is 27.4. The van der Waals surface area contributed by atoms with Gasteiger partial charge in [0.1, 0.15) is 23.7 Å². The quantitative estimate of drug-likeness (QED) is 0.367. The summed E-state index contributed by atoms with van der Waals surface area (Å²) < 4.78 is 24.0. The molecule has 3 aromatic rings. The summed E-state index contributed by atoms with van der Waals surface area (Å²) in [5.74, 6) is -0.549. The van der Waals surface area contributed by atoms with Crippen LogP contribution in [-0.4, -0.2) is 60.3 Å². The highest BCUT2D eigenvalue weighted by molar-refractivity contribution is 5.92. The van der Waals surface area contributed by atoms with Crippen LogP contribution < -0.4 is 9.47 Å². The normalized spacial score (nSPS) is 14.6. The molecule has 2 unspecified atom stereocenters. The Balaban J connectivity index is 1.67. The molecule has 0 spiro atoms. The van der Waals surface area contributed by atoms with Crippen molar-refractivity contribution in [3.63, 3.8) is 0 Å². The first-order valence-electron chi connectivity index (χ1n) is 12.4. The number of ether oxygens (including phenoxy) is 4. The van der Waals surface area contributed by atoms with Crippen LogP contribution >= 0.6 is 0 Å². The average Bonchev–Trinajstić information content (AvgIpc) is 3.50. The SMILES string of the molecule is COC(=O)c1cn(CC(OC2Cc3ccccc3C2)C(O)c2cc(OC)c(C)c(OC)c2)cc1CC(=O)O. The monoisotopic (exact) mass is 523 g/mol. The van der Waals surface area contributed by atoms with E-state index in [1.54, 1.807) is 37.1 Å². The molecule has 2 atom stereocenters. The highest BCUT2D eigenvalue weighted by Gasteiger charge is 2.31. The van der Waals surface area contributed by atoms with Crippen LogP contribution in [-0.2, 0) is 40.1 Å². The lowest BCUT2D eigenvalue weighted by atomic mass is 10.0. The minimum absolute atomic E-state index is 0.157. The molecule has 0 saturated carbocycles. The molecule has 1 aliphatic carbocycles. The molecule has 4 rings (SSSR count). The third kappa shape index (κ3) is 5.84. The fraction of sp³-hybridized carbons (Fsp3) is 0.379. The smallest absolute Gasteiger partial charge is 0.339 e. The lowest BCUT2D eigenvalue weighted by molar-refractivity contribution is -0.136. The predicted octanol–water partition coefficient (Wildman–Crippen LogP) is 3.51. The van der Waals surface area contributed by atoms with E-state index in [0.717, 1.165) is 5.56 Å². The minimum atomic E-state index is -1.07. The Morgan fingerprint density at radius 3 is 2.16 bits per heavy atom.